The number of nitriles is 1. The number of aromatic nitrogens is 3. The number of rotatable bonds is 3. The molecule has 0 aliphatic rings. The molecule has 0 atom stereocenters. The molecule has 3 aromatic rings. The first kappa shape index (κ1) is 11.2. The lowest BCUT2D eigenvalue weighted by Gasteiger charge is -2.06. The van der Waals surface area contributed by atoms with Crippen molar-refractivity contribution in [2.24, 2.45) is 0 Å². The highest BCUT2D eigenvalue weighted by molar-refractivity contribution is 5.62. The predicted octanol–water partition coefficient (Wildman–Crippen LogP) is 2.21. The molecule has 0 saturated carbocycles. The molecule has 0 saturated heterocycles. The normalized spacial score (nSPS) is 10.3. The fraction of sp³-hybridized carbons (Fsp3) is 0.0714. The standard InChI is InChI=1S/C14H11N5/c15-7-11-8-18-19-10-13(4-5-14(11)19)17-9-12-3-1-2-6-16-12/h1-6,8,10,17H,9H2. The molecule has 0 fully saturated rings. The van der Waals surface area contributed by atoms with Crippen molar-refractivity contribution in [3.8, 4) is 6.07 Å². The molecule has 0 radical (unpaired) electrons. The van der Waals surface area contributed by atoms with Crippen molar-refractivity contribution in [2.75, 3.05) is 5.32 Å². The van der Waals surface area contributed by atoms with E-state index in [4.69, 9.17) is 5.26 Å². The van der Waals surface area contributed by atoms with Crippen LogP contribution in [0.3, 0.4) is 0 Å². The molecule has 0 aliphatic carbocycles. The lowest BCUT2D eigenvalue weighted by molar-refractivity contribution is 0.954. The van der Waals surface area contributed by atoms with Gasteiger partial charge in [-0.3, -0.25) is 4.98 Å². The van der Waals surface area contributed by atoms with Crippen LogP contribution in [-0.4, -0.2) is 14.6 Å². The zero-order valence-electron chi connectivity index (χ0n) is 10.1. The maximum Gasteiger partial charge on any atom is 0.103 e. The van der Waals surface area contributed by atoms with Gasteiger partial charge >= 0.3 is 0 Å². The van der Waals surface area contributed by atoms with E-state index in [1.807, 2.05) is 36.5 Å². The van der Waals surface area contributed by atoms with Gasteiger partial charge in [-0.05, 0) is 24.3 Å². The van der Waals surface area contributed by atoms with Gasteiger partial charge in [-0.25, -0.2) is 4.52 Å². The molecule has 3 rings (SSSR count). The minimum atomic E-state index is 0.580. The Bertz CT molecular complexity index is 739. The average molecular weight is 249 g/mol. The first-order chi connectivity index (χ1) is 9.36. The minimum absolute atomic E-state index is 0.580. The van der Waals surface area contributed by atoms with Gasteiger partial charge in [0.1, 0.15) is 6.07 Å². The van der Waals surface area contributed by atoms with Crippen LogP contribution in [0.1, 0.15) is 11.3 Å². The number of nitrogens with zero attached hydrogens (tertiary/aromatic N) is 4. The Balaban J connectivity index is 1.81. The smallest absolute Gasteiger partial charge is 0.103 e. The van der Waals surface area contributed by atoms with E-state index in [0.717, 1.165) is 16.9 Å². The van der Waals surface area contributed by atoms with E-state index in [0.29, 0.717) is 12.1 Å². The number of hydrogen-bond acceptors (Lipinski definition) is 4. The molecule has 0 aromatic carbocycles. The largest absolute Gasteiger partial charge is 0.378 e. The second kappa shape index (κ2) is 4.78. The molecule has 1 N–H and O–H groups in total. The highest BCUT2D eigenvalue weighted by Crippen LogP contribution is 2.14. The Labute approximate surface area is 110 Å². The molecule has 5 nitrogen and oxygen atoms in total. The number of hydrogen-bond donors (Lipinski definition) is 1. The van der Waals surface area contributed by atoms with Gasteiger partial charge in [0.2, 0.25) is 0 Å². The third-order valence-electron chi connectivity index (χ3n) is 2.84. The molecule has 0 spiro atoms. The summed E-state index contributed by atoms with van der Waals surface area (Å²) in [5.74, 6) is 0. The van der Waals surface area contributed by atoms with Crippen LogP contribution in [0, 0.1) is 11.3 Å². The van der Waals surface area contributed by atoms with Gasteiger partial charge in [0, 0.05) is 6.20 Å². The van der Waals surface area contributed by atoms with Crippen LogP contribution in [0.4, 0.5) is 5.69 Å². The summed E-state index contributed by atoms with van der Waals surface area (Å²) in [6, 6.07) is 11.7. The molecule has 0 aliphatic heterocycles. The van der Waals surface area contributed by atoms with Crippen LogP contribution in [0.5, 0.6) is 0 Å². The highest BCUT2D eigenvalue weighted by Gasteiger charge is 2.03. The summed E-state index contributed by atoms with van der Waals surface area (Å²) < 4.78 is 1.69. The molecule has 19 heavy (non-hydrogen) atoms. The fourth-order valence-corrected chi connectivity index (χ4v) is 1.87. The van der Waals surface area contributed by atoms with E-state index in [1.165, 1.54) is 0 Å². The lowest BCUT2D eigenvalue weighted by atomic mass is 10.3. The number of pyridine rings is 2. The van der Waals surface area contributed by atoms with Crippen molar-refractivity contribution in [3.05, 3.63) is 60.2 Å². The third-order valence-corrected chi connectivity index (χ3v) is 2.84. The van der Waals surface area contributed by atoms with Crippen LogP contribution < -0.4 is 5.32 Å². The molecular weight excluding hydrogens is 238 g/mol. The Morgan fingerprint density at radius 3 is 3.00 bits per heavy atom. The van der Waals surface area contributed by atoms with E-state index in [1.54, 1.807) is 16.9 Å². The monoisotopic (exact) mass is 249 g/mol. The first-order valence-electron chi connectivity index (χ1n) is 5.88. The van der Waals surface area contributed by atoms with Gasteiger partial charge in [-0.15, -0.1) is 0 Å². The summed E-state index contributed by atoms with van der Waals surface area (Å²) >= 11 is 0. The van der Waals surface area contributed by atoms with Gasteiger partial charge in [-0.2, -0.15) is 10.4 Å². The summed E-state index contributed by atoms with van der Waals surface area (Å²) in [5.41, 5.74) is 3.30. The molecule has 0 bridgehead atoms. The van der Waals surface area contributed by atoms with E-state index in [-0.39, 0.29) is 0 Å². The van der Waals surface area contributed by atoms with Gasteiger partial charge < -0.3 is 5.32 Å². The number of nitrogens with one attached hydrogen (secondary N) is 1. The summed E-state index contributed by atoms with van der Waals surface area (Å²) in [5, 5.41) is 16.3. The predicted molar refractivity (Wildman–Crippen MR) is 71.5 cm³/mol. The second-order valence-electron chi connectivity index (χ2n) is 4.09. The number of fused-ring (bicyclic) bond motifs is 1. The van der Waals surface area contributed by atoms with Crippen molar-refractivity contribution in [3.63, 3.8) is 0 Å². The van der Waals surface area contributed by atoms with Gasteiger partial charge in [0.15, 0.2) is 0 Å². The van der Waals surface area contributed by atoms with Crippen LogP contribution >= 0.6 is 0 Å². The molecule has 3 heterocycles. The summed E-state index contributed by atoms with van der Waals surface area (Å²) in [6.07, 6.45) is 5.20. The molecular formula is C14H11N5. The van der Waals surface area contributed by atoms with Crippen molar-refractivity contribution < 1.29 is 0 Å². The fourth-order valence-electron chi connectivity index (χ4n) is 1.87. The summed E-state index contributed by atoms with van der Waals surface area (Å²) in [4.78, 5) is 4.25. The zero-order valence-corrected chi connectivity index (χ0v) is 10.1. The Kier molecular flexibility index (Phi) is 2.83. The quantitative estimate of drug-likeness (QED) is 0.772. The SMILES string of the molecule is N#Cc1cnn2cc(NCc3ccccn3)ccc12. The van der Waals surface area contributed by atoms with E-state index < -0.39 is 0 Å². The van der Waals surface area contributed by atoms with E-state index in [2.05, 4.69) is 21.5 Å². The maximum atomic E-state index is 8.92. The van der Waals surface area contributed by atoms with Crippen molar-refractivity contribution in [2.45, 2.75) is 6.54 Å². The van der Waals surface area contributed by atoms with Crippen LogP contribution in [0.2, 0.25) is 0 Å². The van der Waals surface area contributed by atoms with Crippen molar-refractivity contribution >= 4 is 11.2 Å². The topological polar surface area (TPSA) is 66.0 Å². The van der Waals surface area contributed by atoms with E-state index >= 15 is 0 Å². The van der Waals surface area contributed by atoms with Gasteiger partial charge in [0.25, 0.3) is 0 Å². The van der Waals surface area contributed by atoms with Crippen LogP contribution in [0.15, 0.2) is 48.9 Å². The highest BCUT2D eigenvalue weighted by atomic mass is 15.2. The Hall–Kier alpha value is -2.87. The Morgan fingerprint density at radius 2 is 2.21 bits per heavy atom. The van der Waals surface area contributed by atoms with Gasteiger partial charge in [-0.1, -0.05) is 6.07 Å². The Morgan fingerprint density at radius 1 is 1.26 bits per heavy atom. The molecule has 5 heteroatoms. The van der Waals surface area contributed by atoms with Crippen LogP contribution in [-0.2, 0) is 6.54 Å². The van der Waals surface area contributed by atoms with Crippen LogP contribution in [0.25, 0.3) is 5.52 Å². The zero-order chi connectivity index (χ0) is 13.1. The van der Waals surface area contributed by atoms with Crippen molar-refractivity contribution in [1.29, 1.82) is 5.26 Å². The molecule has 3 aromatic heterocycles. The third kappa shape index (κ3) is 2.24. The first-order valence-corrected chi connectivity index (χ1v) is 5.88. The second-order valence-corrected chi connectivity index (χ2v) is 4.09. The van der Waals surface area contributed by atoms with E-state index in [9.17, 15) is 0 Å². The summed E-state index contributed by atoms with van der Waals surface area (Å²) in [7, 11) is 0. The maximum absolute atomic E-state index is 8.92. The lowest BCUT2D eigenvalue weighted by Crippen LogP contribution is -2.02. The van der Waals surface area contributed by atoms with Gasteiger partial charge in [0.05, 0.1) is 41.4 Å². The summed E-state index contributed by atoms with van der Waals surface area (Å²) in [6.45, 7) is 0.652. The average Bonchev–Trinajstić information content (AvgIpc) is 2.88. The molecule has 92 valence electrons. The molecule has 0 amide bonds. The molecule has 0 unspecified atom stereocenters. The number of anilines is 1. The minimum Gasteiger partial charge on any atom is -0.378 e. The van der Waals surface area contributed by atoms with Crippen molar-refractivity contribution in [1.82, 2.24) is 14.6 Å².